The molecule has 2 unspecified atom stereocenters. The molecule has 3 heteroatoms. The summed E-state index contributed by atoms with van der Waals surface area (Å²) >= 11 is 0. The molecule has 1 fully saturated rings. The summed E-state index contributed by atoms with van der Waals surface area (Å²) in [4.78, 5) is 2.31. The van der Waals surface area contributed by atoms with E-state index in [1.165, 1.54) is 12.8 Å². The minimum absolute atomic E-state index is 0.0175. The molecular formula is C12H23N3. The average Bonchev–Trinajstić information content (AvgIpc) is 3.06. The zero-order chi connectivity index (χ0) is 11.3. The van der Waals surface area contributed by atoms with E-state index in [9.17, 15) is 0 Å². The monoisotopic (exact) mass is 209 g/mol. The summed E-state index contributed by atoms with van der Waals surface area (Å²) in [6, 6.07) is 2.94. The van der Waals surface area contributed by atoms with E-state index in [4.69, 9.17) is 5.26 Å². The van der Waals surface area contributed by atoms with E-state index in [2.05, 4.69) is 37.2 Å². The summed E-state index contributed by atoms with van der Waals surface area (Å²) in [6.07, 6.45) is 3.82. The SMILES string of the molecule is CCCNC(C#N)CN(C)C(C)C1CC1. The van der Waals surface area contributed by atoms with Crippen LogP contribution in [-0.4, -0.2) is 37.1 Å². The first-order valence-corrected chi connectivity index (χ1v) is 6.02. The third-order valence-electron chi connectivity index (χ3n) is 3.27. The normalized spacial score (nSPS) is 19.9. The topological polar surface area (TPSA) is 39.1 Å². The first kappa shape index (κ1) is 12.5. The van der Waals surface area contributed by atoms with Crippen LogP contribution in [-0.2, 0) is 0 Å². The highest BCUT2D eigenvalue weighted by Crippen LogP contribution is 2.34. The lowest BCUT2D eigenvalue weighted by atomic mass is 10.1. The summed E-state index contributed by atoms with van der Waals surface area (Å²) in [5.41, 5.74) is 0. The Kier molecular flexibility index (Phi) is 5.07. The molecule has 1 rings (SSSR count). The van der Waals surface area contributed by atoms with Crippen molar-refractivity contribution < 1.29 is 0 Å². The van der Waals surface area contributed by atoms with Gasteiger partial charge in [-0.1, -0.05) is 6.92 Å². The minimum Gasteiger partial charge on any atom is -0.301 e. The summed E-state index contributed by atoms with van der Waals surface area (Å²) in [6.45, 7) is 6.17. The largest absolute Gasteiger partial charge is 0.301 e. The summed E-state index contributed by atoms with van der Waals surface area (Å²) in [7, 11) is 2.13. The molecule has 0 aliphatic heterocycles. The quantitative estimate of drug-likeness (QED) is 0.692. The minimum atomic E-state index is -0.0175. The molecule has 0 amide bonds. The zero-order valence-electron chi connectivity index (χ0n) is 10.2. The molecule has 1 N–H and O–H groups in total. The number of nitrogens with zero attached hydrogens (tertiary/aromatic N) is 2. The number of hydrogen-bond donors (Lipinski definition) is 1. The van der Waals surface area contributed by atoms with Gasteiger partial charge in [0.05, 0.1) is 6.07 Å². The van der Waals surface area contributed by atoms with E-state index >= 15 is 0 Å². The lowest BCUT2D eigenvalue weighted by Gasteiger charge is -2.26. The Morgan fingerprint density at radius 2 is 2.20 bits per heavy atom. The first-order chi connectivity index (χ1) is 7.19. The Hall–Kier alpha value is -0.590. The first-order valence-electron chi connectivity index (χ1n) is 6.02. The maximum Gasteiger partial charge on any atom is 0.108 e. The Morgan fingerprint density at radius 3 is 2.67 bits per heavy atom. The highest BCUT2D eigenvalue weighted by Gasteiger charge is 2.31. The molecule has 15 heavy (non-hydrogen) atoms. The fraction of sp³-hybridized carbons (Fsp3) is 0.917. The van der Waals surface area contributed by atoms with Crippen molar-refractivity contribution in [2.75, 3.05) is 20.1 Å². The van der Waals surface area contributed by atoms with Crippen LogP contribution < -0.4 is 5.32 Å². The van der Waals surface area contributed by atoms with Crippen LogP contribution in [0.15, 0.2) is 0 Å². The van der Waals surface area contributed by atoms with Crippen LogP contribution in [0.5, 0.6) is 0 Å². The molecular weight excluding hydrogens is 186 g/mol. The van der Waals surface area contributed by atoms with Crippen LogP contribution >= 0.6 is 0 Å². The van der Waals surface area contributed by atoms with Crippen LogP contribution in [0.2, 0.25) is 0 Å². The van der Waals surface area contributed by atoms with Crippen LogP contribution in [0.1, 0.15) is 33.1 Å². The van der Waals surface area contributed by atoms with Gasteiger partial charge in [-0.25, -0.2) is 0 Å². The van der Waals surface area contributed by atoms with E-state index in [-0.39, 0.29) is 6.04 Å². The highest BCUT2D eigenvalue weighted by atomic mass is 15.2. The van der Waals surface area contributed by atoms with E-state index in [1.807, 2.05) is 0 Å². The van der Waals surface area contributed by atoms with Gasteiger partial charge < -0.3 is 10.2 Å². The number of nitriles is 1. The Bertz CT molecular complexity index is 217. The van der Waals surface area contributed by atoms with Crippen LogP contribution in [0.25, 0.3) is 0 Å². The molecule has 1 saturated carbocycles. The van der Waals surface area contributed by atoms with Gasteiger partial charge >= 0.3 is 0 Å². The predicted molar refractivity (Wildman–Crippen MR) is 62.5 cm³/mol. The van der Waals surface area contributed by atoms with Crippen LogP contribution in [0.4, 0.5) is 0 Å². The second kappa shape index (κ2) is 6.09. The van der Waals surface area contributed by atoms with Gasteiger partial charge in [0.25, 0.3) is 0 Å². The zero-order valence-corrected chi connectivity index (χ0v) is 10.2. The highest BCUT2D eigenvalue weighted by molar-refractivity contribution is 4.94. The maximum atomic E-state index is 9.00. The molecule has 0 aromatic rings. The fourth-order valence-electron chi connectivity index (χ4n) is 1.86. The third-order valence-corrected chi connectivity index (χ3v) is 3.27. The molecule has 1 aliphatic carbocycles. The second-order valence-corrected chi connectivity index (χ2v) is 4.65. The summed E-state index contributed by atoms with van der Waals surface area (Å²) in [5, 5.41) is 12.3. The van der Waals surface area contributed by atoms with Crippen molar-refractivity contribution in [1.82, 2.24) is 10.2 Å². The maximum absolute atomic E-state index is 9.00. The van der Waals surface area contributed by atoms with Crippen molar-refractivity contribution in [3.8, 4) is 6.07 Å². The average molecular weight is 209 g/mol. The molecule has 0 aromatic heterocycles. The summed E-state index contributed by atoms with van der Waals surface area (Å²) in [5.74, 6) is 0.875. The molecule has 0 spiro atoms. The molecule has 3 nitrogen and oxygen atoms in total. The van der Waals surface area contributed by atoms with Crippen LogP contribution in [0, 0.1) is 17.2 Å². The van der Waals surface area contributed by atoms with Gasteiger partial charge in [0.1, 0.15) is 6.04 Å². The van der Waals surface area contributed by atoms with Gasteiger partial charge in [0, 0.05) is 12.6 Å². The molecule has 0 heterocycles. The standard InChI is InChI=1S/C12H23N3/c1-4-7-14-12(8-13)9-15(3)10(2)11-5-6-11/h10-12,14H,4-7,9H2,1-3H3. The Balaban J connectivity index is 2.27. The molecule has 86 valence electrons. The predicted octanol–water partition coefficient (Wildman–Crippen LogP) is 1.61. The van der Waals surface area contributed by atoms with Crippen molar-refractivity contribution >= 4 is 0 Å². The summed E-state index contributed by atoms with van der Waals surface area (Å²) < 4.78 is 0. The molecule has 0 aromatic carbocycles. The lowest BCUT2D eigenvalue weighted by Crippen LogP contribution is -2.42. The van der Waals surface area contributed by atoms with E-state index in [0.717, 1.165) is 25.4 Å². The van der Waals surface area contributed by atoms with Crippen molar-refractivity contribution in [2.45, 2.75) is 45.2 Å². The van der Waals surface area contributed by atoms with Crippen LogP contribution in [0.3, 0.4) is 0 Å². The Labute approximate surface area is 93.5 Å². The van der Waals surface area contributed by atoms with Gasteiger partial charge in [0.15, 0.2) is 0 Å². The number of likely N-dealkylation sites (N-methyl/N-ethyl adjacent to an activating group) is 1. The number of rotatable bonds is 7. The van der Waals surface area contributed by atoms with Crippen molar-refractivity contribution in [3.63, 3.8) is 0 Å². The van der Waals surface area contributed by atoms with Gasteiger partial charge in [-0.2, -0.15) is 5.26 Å². The second-order valence-electron chi connectivity index (χ2n) is 4.65. The molecule has 0 radical (unpaired) electrons. The van der Waals surface area contributed by atoms with E-state index in [1.54, 1.807) is 0 Å². The van der Waals surface area contributed by atoms with Crippen molar-refractivity contribution in [1.29, 1.82) is 5.26 Å². The van der Waals surface area contributed by atoms with Crippen molar-refractivity contribution in [2.24, 2.45) is 5.92 Å². The van der Waals surface area contributed by atoms with Gasteiger partial charge in [-0.05, 0) is 45.7 Å². The smallest absolute Gasteiger partial charge is 0.108 e. The number of nitrogens with one attached hydrogen (secondary N) is 1. The fourth-order valence-corrected chi connectivity index (χ4v) is 1.86. The molecule has 0 saturated heterocycles. The van der Waals surface area contributed by atoms with E-state index in [0.29, 0.717) is 6.04 Å². The molecule has 0 bridgehead atoms. The van der Waals surface area contributed by atoms with Gasteiger partial charge in [-0.3, -0.25) is 0 Å². The third kappa shape index (κ3) is 4.19. The lowest BCUT2D eigenvalue weighted by molar-refractivity contribution is 0.222. The Morgan fingerprint density at radius 1 is 1.53 bits per heavy atom. The number of hydrogen-bond acceptors (Lipinski definition) is 3. The van der Waals surface area contributed by atoms with Gasteiger partial charge in [0.2, 0.25) is 0 Å². The molecule has 2 atom stereocenters. The van der Waals surface area contributed by atoms with Gasteiger partial charge in [-0.15, -0.1) is 0 Å². The van der Waals surface area contributed by atoms with E-state index < -0.39 is 0 Å². The molecule has 1 aliphatic rings. The van der Waals surface area contributed by atoms with Crippen molar-refractivity contribution in [3.05, 3.63) is 0 Å².